The molecule has 0 fully saturated rings. The smallest absolute Gasteiger partial charge is 0.0329 e. The number of fused-ring (bicyclic) bond motifs is 1. The molecule has 2 unspecified atom stereocenters. The maximum atomic E-state index is 3.68. The van der Waals surface area contributed by atoms with E-state index in [1.165, 1.54) is 34.0 Å². The molecule has 0 spiro atoms. The molecule has 1 aliphatic rings. The van der Waals surface area contributed by atoms with Gasteiger partial charge in [0.05, 0.1) is 0 Å². The minimum Gasteiger partial charge on any atom is -0.310 e. The molecule has 2 aromatic rings. The van der Waals surface area contributed by atoms with Crippen LogP contribution < -0.4 is 5.32 Å². The fourth-order valence-corrected chi connectivity index (χ4v) is 3.81. The average Bonchev–Trinajstić information content (AvgIpc) is 2.47. The maximum absolute atomic E-state index is 3.68. The van der Waals surface area contributed by atoms with Gasteiger partial charge in [0.2, 0.25) is 0 Å². The Labute approximate surface area is 135 Å². The van der Waals surface area contributed by atoms with Crippen LogP contribution in [0.3, 0.4) is 0 Å². The third-order valence-corrected chi connectivity index (χ3v) is 5.48. The quantitative estimate of drug-likeness (QED) is 0.792. The van der Waals surface area contributed by atoms with Crippen molar-refractivity contribution in [1.29, 1.82) is 0 Å². The van der Waals surface area contributed by atoms with Crippen molar-refractivity contribution in [2.24, 2.45) is 0 Å². The van der Waals surface area contributed by atoms with E-state index in [2.05, 4.69) is 77.6 Å². The first-order valence-electron chi connectivity index (χ1n) is 7.77. The molecule has 2 heteroatoms. The van der Waals surface area contributed by atoms with Gasteiger partial charge in [-0.15, -0.1) is 0 Å². The molecule has 2 aromatic carbocycles. The van der Waals surface area contributed by atoms with Crippen LogP contribution in [0.4, 0.5) is 0 Å². The normalized spacial score (nSPS) is 18.0. The third kappa shape index (κ3) is 2.93. The lowest BCUT2D eigenvalue weighted by Gasteiger charge is -2.34. The van der Waals surface area contributed by atoms with Gasteiger partial charge in [0.15, 0.2) is 0 Å². The van der Waals surface area contributed by atoms with Crippen molar-refractivity contribution in [2.45, 2.75) is 38.6 Å². The summed E-state index contributed by atoms with van der Waals surface area (Å²) in [4.78, 5) is 0. The fraction of sp³-hybridized carbons (Fsp3) is 0.368. The molecule has 1 nitrogen and oxygen atoms in total. The summed E-state index contributed by atoms with van der Waals surface area (Å²) >= 11 is 3.66. The molecule has 0 amide bonds. The standard InChI is InChI=1S/C19H22BrN/c1-3-21-19(16-9-6-10-18(20)13(16)2)12-15-11-14-7-4-5-8-17(14)15/h4-10,15,19,21H,3,11-12H2,1-2H3. The van der Waals surface area contributed by atoms with E-state index in [1.807, 2.05) is 0 Å². The molecule has 0 saturated heterocycles. The van der Waals surface area contributed by atoms with Gasteiger partial charge in [0, 0.05) is 10.5 Å². The van der Waals surface area contributed by atoms with Crippen molar-refractivity contribution in [3.8, 4) is 0 Å². The molecule has 0 heterocycles. The lowest BCUT2D eigenvalue weighted by atomic mass is 9.73. The van der Waals surface area contributed by atoms with Crippen molar-refractivity contribution in [3.63, 3.8) is 0 Å². The molecule has 1 aliphatic carbocycles. The van der Waals surface area contributed by atoms with Crippen molar-refractivity contribution in [3.05, 3.63) is 69.2 Å². The van der Waals surface area contributed by atoms with Crippen molar-refractivity contribution in [1.82, 2.24) is 5.32 Å². The summed E-state index contributed by atoms with van der Waals surface area (Å²) in [6, 6.07) is 15.8. The molecule has 3 rings (SSSR count). The van der Waals surface area contributed by atoms with E-state index in [-0.39, 0.29) is 0 Å². The summed E-state index contributed by atoms with van der Waals surface area (Å²) in [5.41, 5.74) is 5.86. The molecule has 0 bridgehead atoms. The van der Waals surface area contributed by atoms with Crippen molar-refractivity contribution in [2.75, 3.05) is 6.54 Å². The first-order valence-corrected chi connectivity index (χ1v) is 8.56. The number of benzene rings is 2. The van der Waals surface area contributed by atoms with Crippen LogP contribution in [0.5, 0.6) is 0 Å². The van der Waals surface area contributed by atoms with Crippen LogP contribution in [0.15, 0.2) is 46.9 Å². The van der Waals surface area contributed by atoms with Crippen molar-refractivity contribution < 1.29 is 0 Å². The summed E-state index contributed by atoms with van der Waals surface area (Å²) in [7, 11) is 0. The molecule has 0 aliphatic heterocycles. The van der Waals surface area contributed by atoms with Gasteiger partial charge in [-0.05, 0) is 60.5 Å². The van der Waals surface area contributed by atoms with Crippen LogP contribution in [0.25, 0.3) is 0 Å². The Hall–Kier alpha value is -1.12. The lowest BCUT2D eigenvalue weighted by Crippen LogP contribution is -2.27. The second-order valence-corrected chi connectivity index (χ2v) is 6.75. The summed E-state index contributed by atoms with van der Waals surface area (Å²) < 4.78 is 1.21. The third-order valence-electron chi connectivity index (χ3n) is 4.62. The molecule has 0 aromatic heterocycles. The zero-order valence-corrected chi connectivity index (χ0v) is 14.3. The number of halogens is 1. The van der Waals surface area contributed by atoms with Crippen LogP contribution >= 0.6 is 15.9 Å². The van der Waals surface area contributed by atoms with E-state index in [1.54, 1.807) is 5.56 Å². The highest BCUT2D eigenvalue weighted by molar-refractivity contribution is 9.10. The lowest BCUT2D eigenvalue weighted by molar-refractivity contribution is 0.434. The highest BCUT2D eigenvalue weighted by Gasteiger charge is 2.28. The van der Waals surface area contributed by atoms with Crippen LogP contribution in [0, 0.1) is 6.92 Å². The molecular formula is C19H22BrN. The largest absolute Gasteiger partial charge is 0.310 e. The molecule has 0 saturated carbocycles. The van der Waals surface area contributed by atoms with E-state index in [4.69, 9.17) is 0 Å². The summed E-state index contributed by atoms with van der Waals surface area (Å²) in [6.07, 6.45) is 2.41. The first kappa shape index (κ1) is 14.8. The van der Waals surface area contributed by atoms with Crippen LogP contribution in [-0.2, 0) is 6.42 Å². The molecule has 21 heavy (non-hydrogen) atoms. The van der Waals surface area contributed by atoms with E-state index in [9.17, 15) is 0 Å². The second kappa shape index (κ2) is 6.33. The Morgan fingerprint density at radius 2 is 2.00 bits per heavy atom. The molecule has 0 radical (unpaired) electrons. The first-order chi connectivity index (χ1) is 10.2. The predicted octanol–water partition coefficient (Wildman–Crippen LogP) is 5.14. The zero-order valence-electron chi connectivity index (χ0n) is 12.7. The Balaban J connectivity index is 1.82. The highest BCUT2D eigenvalue weighted by Crippen LogP contribution is 2.41. The number of rotatable bonds is 5. The maximum Gasteiger partial charge on any atom is 0.0329 e. The minimum absolute atomic E-state index is 0.436. The summed E-state index contributed by atoms with van der Waals surface area (Å²) in [6.45, 7) is 5.40. The number of hydrogen-bond donors (Lipinski definition) is 1. The second-order valence-electron chi connectivity index (χ2n) is 5.90. The molecule has 110 valence electrons. The van der Waals surface area contributed by atoms with Gasteiger partial charge in [-0.2, -0.15) is 0 Å². The summed E-state index contributed by atoms with van der Waals surface area (Å²) in [5, 5.41) is 3.68. The number of nitrogens with one attached hydrogen (secondary N) is 1. The van der Waals surface area contributed by atoms with Gasteiger partial charge in [-0.3, -0.25) is 0 Å². The van der Waals surface area contributed by atoms with Crippen molar-refractivity contribution >= 4 is 15.9 Å². The highest BCUT2D eigenvalue weighted by atomic mass is 79.9. The Bertz CT molecular complexity index is 635. The fourth-order valence-electron chi connectivity index (χ4n) is 3.43. The van der Waals surface area contributed by atoms with Gasteiger partial charge >= 0.3 is 0 Å². The van der Waals surface area contributed by atoms with Crippen LogP contribution in [0.1, 0.15) is 47.6 Å². The average molecular weight is 344 g/mol. The zero-order chi connectivity index (χ0) is 14.8. The van der Waals surface area contributed by atoms with E-state index in [0.29, 0.717) is 12.0 Å². The van der Waals surface area contributed by atoms with E-state index in [0.717, 1.165) is 6.54 Å². The Kier molecular flexibility index (Phi) is 4.46. The minimum atomic E-state index is 0.436. The SMILES string of the molecule is CCNC(CC1Cc2ccccc21)c1cccc(Br)c1C. The van der Waals surface area contributed by atoms with E-state index >= 15 is 0 Å². The van der Waals surface area contributed by atoms with Gasteiger partial charge in [0.25, 0.3) is 0 Å². The molecule has 2 atom stereocenters. The predicted molar refractivity (Wildman–Crippen MR) is 92.8 cm³/mol. The number of hydrogen-bond acceptors (Lipinski definition) is 1. The van der Waals surface area contributed by atoms with Gasteiger partial charge < -0.3 is 5.32 Å². The molecule has 1 N–H and O–H groups in total. The molecular weight excluding hydrogens is 322 g/mol. The topological polar surface area (TPSA) is 12.0 Å². The summed E-state index contributed by atoms with van der Waals surface area (Å²) in [5.74, 6) is 0.698. The monoisotopic (exact) mass is 343 g/mol. The van der Waals surface area contributed by atoms with Crippen LogP contribution in [-0.4, -0.2) is 6.54 Å². The van der Waals surface area contributed by atoms with E-state index < -0.39 is 0 Å². The Morgan fingerprint density at radius 3 is 2.76 bits per heavy atom. The Morgan fingerprint density at radius 1 is 1.19 bits per heavy atom. The van der Waals surface area contributed by atoms with Gasteiger partial charge in [-0.25, -0.2) is 0 Å². The van der Waals surface area contributed by atoms with Crippen LogP contribution in [0.2, 0.25) is 0 Å². The van der Waals surface area contributed by atoms with Gasteiger partial charge in [0.1, 0.15) is 0 Å². The van der Waals surface area contributed by atoms with Gasteiger partial charge in [-0.1, -0.05) is 59.3 Å².